The molecule has 3 heterocycles. The van der Waals surface area contributed by atoms with Gasteiger partial charge in [0, 0.05) is 6.20 Å². The first-order valence-electron chi connectivity index (χ1n) is 19.1. The molecule has 0 radical (unpaired) electrons. The molecule has 56 heavy (non-hydrogen) atoms. The van der Waals surface area contributed by atoms with Gasteiger partial charge in [0.1, 0.15) is 0 Å². The Balaban J connectivity index is 1.20. The summed E-state index contributed by atoms with van der Waals surface area (Å²) in [5.74, 6) is 2.18. The summed E-state index contributed by atoms with van der Waals surface area (Å²) in [5, 5.41) is 0. The normalized spacial score (nSPS) is 13.5. The van der Waals surface area contributed by atoms with Gasteiger partial charge in [-0.15, -0.1) is 0 Å². The average molecular weight is 910 g/mol. The molecule has 0 amide bonds. The number of benzene rings is 6. The SMILES string of the molecule is Cc1c(C)c(-c2ccccc2)c(-n2[c](=[Pt])n(-c3[c-]c(Oc4[c-]c5c(cc4)CC(C)(C)CN5c4ccccn4)ccc3)c3ccccc32)c(-c2ccccc2)c1C. The van der Waals surface area contributed by atoms with Crippen molar-refractivity contribution in [2.24, 2.45) is 5.41 Å². The average Bonchev–Trinajstić information content (AvgIpc) is 3.51. The number of aromatic nitrogens is 3. The van der Waals surface area contributed by atoms with Crippen molar-refractivity contribution in [3.8, 4) is 45.1 Å². The van der Waals surface area contributed by atoms with Crippen LogP contribution in [0.5, 0.6) is 11.5 Å². The first-order valence-corrected chi connectivity index (χ1v) is 20.2. The molecular weight excluding hydrogens is 868 g/mol. The summed E-state index contributed by atoms with van der Waals surface area (Å²) < 4.78 is 12.4. The molecular formula is C50H42N4OPt-2. The van der Waals surface area contributed by atoms with E-state index in [0.29, 0.717) is 11.5 Å². The molecule has 6 aromatic carbocycles. The first-order chi connectivity index (χ1) is 27.2. The minimum atomic E-state index is 0.0934. The molecule has 5 nitrogen and oxygen atoms in total. The van der Waals surface area contributed by atoms with E-state index in [1.54, 1.807) is 0 Å². The van der Waals surface area contributed by atoms with Crippen LogP contribution in [-0.2, 0) is 25.8 Å². The summed E-state index contributed by atoms with van der Waals surface area (Å²) in [4.78, 5) is 6.96. The molecule has 1 aliphatic heterocycles. The van der Waals surface area contributed by atoms with Gasteiger partial charge in [0.2, 0.25) is 0 Å². The molecule has 280 valence electrons. The zero-order valence-corrected chi connectivity index (χ0v) is 34.5. The van der Waals surface area contributed by atoms with Crippen molar-refractivity contribution in [2.45, 2.75) is 41.0 Å². The van der Waals surface area contributed by atoms with Crippen LogP contribution in [0, 0.1) is 42.1 Å². The molecule has 0 bridgehead atoms. The van der Waals surface area contributed by atoms with Gasteiger partial charge in [-0.1, -0.05) is 19.9 Å². The van der Waals surface area contributed by atoms with Crippen LogP contribution in [0.15, 0.2) is 140 Å². The topological polar surface area (TPSA) is 35.2 Å². The number of rotatable bonds is 7. The Bertz CT molecular complexity index is 2740. The second-order valence-electron chi connectivity index (χ2n) is 15.4. The zero-order chi connectivity index (χ0) is 38.6. The van der Waals surface area contributed by atoms with E-state index in [0.717, 1.165) is 45.0 Å². The molecule has 6 heteroatoms. The third-order valence-corrected chi connectivity index (χ3v) is 12.1. The second kappa shape index (κ2) is 14.4. The third-order valence-electron chi connectivity index (χ3n) is 11.0. The van der Waals surface area contributed by atoms with Crippen LogP contribution in [0.1, 0.15) is 36.1 Å². The Labute approximate surface area is 339 Å². The van der Waals surface area contributed by atoms with Crippen molar-refractivity contribution in [3.63, 3.8) is 0 Å². The van der Waals surface area contributed by atoms with Crippen LogP contribution in [0.25, 0.3) is 44.7 Å². The van der Waals surface area contributed by atoms with Crippen molar-refractivity contribution in [3.05, 3.63) is 178 Å². The maximum atomic E-state index is 6.60. The molecule has 0 aliphatic carbocycles. The van der Waals surface area contributed by atoms with E-state index in [2.05, 4.69) is 183 Å². The fourth-order valence-corrected chi connectivity index (χ4v) is 9.37. The van der Waals surface area contributed by atoms with Crippen molar-refractivity contribution < 1.29 is 24.1 Å². The van der Waals surface area contributed by atoms with Gasteiger partial charge in [0.25, 0.3) is 0 Å². The van der Waals surface area contributed by atoms with Gasteiger partial charge >= 0.3 is 309 Å². The maximum absolute atomic E-state index is 6.60. The number of para-hydroxylation sites is 2. The van der Waals surface area contributed by atoms with E-state index < -0.39 is 0 Å². The molecule has 0 atom stereocenters. The Morgan fingerprint density at radius 1 is 0.625 bits per heavy atom. The Hall–Kier alpha value is -5.77. The molecule has 1 aliphatic rings. The second-order valence-corrected chi connectivity index (χ2v) is 16.4. The van der Waals surface area contributed by atoms with Gasteiger partial charge in [-0.05, 0) is 6.07 Å². The number of hydrogen-bond donors (Lipinski definition) is 0. The fraction of sp³-hybridized carbons (Fsp3) is 0.160. The molecule has 8 aromatic rings. The summed E-state index contributed by atoms with van der Waals surface area (Å²) in [6.07, 6.45) is 2.81. The Kier molecular flexibility index (Phi) is 9.22. The van der Waals surface area contributed by atoms with E-state index in [4.69, 9.17) is 9.72 Å². The van der Waals surface area contributed by atoms with E-state index in [1.165, 1.54) is 50.2 Å². The van der Waals surface area contributed by atoms with Crippen LogP contribution in [0.4, 0.5) is 11.5 Å². The van der Waals surface area contributed by atoms with E-state index >= 15 is 0 Å². The molecule has 0 unspecified atom stereocenters. The number of hydrogen-bond acceptors (Lipinski definition) is 3. The predicted octanol–water partition coefficient (Wildman–Crippen LogP) is 12.3. The van der Waals surface area contributed by atoms with Gasteiger partial charge < -0.3 is 0 Å². The van der Waals surface area contributed by atoms with Gasteiger partial charge in [0.05, 0.1) is 0 Å². The monoisotopic (exact) mass is 909 g/mol. The molecule has 0 spiro atoms. The van der Waals surface area contributed by atoms with E-state index in [1.807, 2.05) is 36.5 Å². The standard InChI is InChI=1S/C50H42N4O.Pt/c1-34-35(2)47(37-17-8-6-9-18-37)49(48(36(34)3)38-19-10-7-11-20-38)54-33-53(43-23-12-13-24-44(43)54)40-21-16-22-41(29-40)55-42-27-26-39-31-50(4,5)32-52(45(39)30-42)46-25-14-15-28-51-46;/h6-28H,31-32H2,1-5H3;/q-2;. The fourth-order valence-electron chi connectivity index (χ4n) is 8.30. The van der Waals surface area contributed by atoms with Crippen LogP contribution < -0.4 is 9.64 Å². The van der Waals surface area contributed by atoms with Crippen molar-refractivity contribution >= 4 is 22.5 Å². The Morgan fingerprint density at radius 3 is 1.88 bits per heavy atom. The van der Waals surface area contributed by atoms with Gasteiger partial charge in [-0.2, -0.15) is 0 Å². The Morgan fingerprint density at radius 2 is 1.23 bits per heavy atom. The molecule has 0 fully saturated rings. The van der Waals surface area contributed by atoms with Crippen molar-refractivity contribution in [1.82, 2.24) is 14.1 Å². The number of nitrogens with zero attached hydrogens (tertiary/aromatic N) is 4. The number of ether oxygens (including phenoxy) is 1. The van der Waals surface area contributed by atoms with E-state index in [9.17, 15) is 0 Å². The molecule has 0 saturated heterocycles. The molecule has 0 N–H and O–H groups in total. The van der Waals surface area contributed by atoms with Crippen LogP contribution in [0.3, 0.4) is 0 Å². The van der Waals surface area contributed by atoms with E-state index in [-0.39, 0.29) is 5.41 Å². The predicted molar refractivity (Wildman–Crippen MR) is 224 cm³/mol. The number of pyridine rings is 1. The summed E-state index contributed by atoms with van der Waals surface area (Å²) in [6, 6.07) is 53.9. The van der Waals surface area contributed by atoms with Crippen molar-refractivity contribution in [2.75, 3.05) is 11.4 Å². The third kappa shape index (κ3) is 6.34. The quantitative estimate of drug-likeness (QED) is 0.149. The van der Waals surface area contributed by atoms with Gasteiger partial charge in [0.15, 0.2) is 0 Å². The molecule has 9 rings (SSSR count). The van der Waals surface area contributed by atoms with Crippen LogP contribution >= 0.6 is 0 Å². The number of fused-ring (bicyclic) bond motifs is 2. The summed E-state index contributed by atoms with van der Waals surface area (Å²) in [6.45, 7) is 12.2. The van der Waals surface area contributed by atoms with Gasteiger partial charge in [-0.3, -0.25) is 0 Å². The number of anilines is 2. The molecule has 2 aromatic heterocycles. The first kappa shape index (κ1) is 35.9. The molecule has 0 saturated carbocycles. The van der Waals surface area contributed by atoms with Crippen molar-refractivity contribution in [1.29, 1.82) is 0 Å². The van der Waals surface area contributed by atoms with Crippen LogP contribution in [0.2, 0.25) is 0 Å². The van der Waals surface area contributed by atoms with Crippen LogP contribution in [-0.4, -0.2) is 20.7 Å². The summed E-state index contributed by atoms with van der Waals surface area (Å²) >= 11 is 2.50. The number of imidazole rings is 1. The summed E-state index contributed by atoms with van der Waals surface area (Å²) in [7, 11) is 0. The summed E-state index contributed by atoms with van der Waals surface area (Å²) in [5.41, 5.74) is 15.3. The zero-order valence-electron chi connectivity index (χ0n) is 32.2. The minimum absolute atomic E-state index is 0.0934. The van der Waals surface area contributed by atoms with Gasteiger partial charge in [-0.25, -0.2) is 0 Å².